The summed E-state index contributed by atoms with van der Waals surface area (Å²) in [6.07, 6.45) is 4.86. The first-order valence-corrected chi connectivity index (χ1v) is 9.08. The van der Waals surface area contributed by atoms with Crippen LogP contribution in [-0.2, 0) is 16.0 Å². The summed E-state index contributed by atoms with van der Waals surface area (Å²) in [4.78, 5) is 22.8. The molecule has 0 amide bonds. The fourth-order valence-electron chi connectivity index (χ4n) is 3.25. The molecule has 1 aromatic carbocycles. The van der Waals surface area contributed by atoms with Crippen molar-refractivity contribution in [3.05, 3.63) is 35.4 Å². The zero-order chi connectivity index (χ0) is 17.0. The molecular formula is C19H25BrO3. The average molecular weight is 381 g/mol. The molecule has 0 heterocycles. The van der Waals surface area contributed by atoms with Gasteiger partial charge in [-0.15, -0.1) is 0 Å². The molecule has 0 aromatic heterocycles. The van der Waals surface area contributed by atoms with E-state index < -0.39 is 10.3 Å². The average Bonchev–Trinajstić information content (AvgIpc) is 2.47. The molecule has 1 fully saturated rings. The monoisotopic (exact) mass is 380 g/mol. The standard InChI is InChI=1S/C19H25BrO3/c1-19(2,20)17(21)11-13-3-7-15(8-4-13)16-9-5-14(6-10-16)12-18(22)23/h3-4,7-8,14,16H,5-6,9-12H2,1-2H3,(H,22,23). The molecule has 1 aromatic rings. The summed E-state index contributed by atoms with van der Waals surface area (Å²) in [5.74, 6) is 0.357. The molecule has 0 saturated heterocycles. The lowest BCUT2D eigenvalue weighted by atomic mass is 9.77. The zero-order valence-corrected chi connectivity index (χ0v) is 15.4. The maximum atomic E-state index is 12.0. The highest BCUT2D eigenvalue weighted by Gasteiger charge is 2.25. The summed E-state index contributed by atoms with van der Waals surface area (Å²) >= 11 is 3.41. The van der Waals surface area contributed by atoms with E-state index in [1.807, 2.05) is 13.8 Å². The van der Waals surface area contributed by atoms with Crippen LogP contribution in [0, 0.1) is 5.92 Å². The van der Waals surface area contributed by atoms with Crippen molar-refractivity contribution in [1.29, 1.82) is 0 Å². The van der Waals surface area contributed by atoms with Gasteiger partial charge in [0.25, 0.3) is 0 Å². The van der Waals surface area contributed by atoms with Gasteiger partial charge < -0.3 is 5.11 Å². The predicted octanol–water partition coefficient (Wildman–Crippen LogP) is 4.72. The topological polar surface area (TPSA) is 54.4 Å². The first-order valence-electron chi connectivity index (χ1n) is 8.28. The number of rotatable bonds is 6. The maximum absolute atomic E-state index is 12.0. The molecule has 0 bridgehead atoms. The third-order valence-corrected chi connectivity index (χ3v) is 5.23. The number of halogens is 1. The van der Waals surface area contributed by atoms with Crippen molar-refractivity contribution in [2.75, 3.05) is 0 Å². The Labute approximate surface area is 146 Å². The minimum absolute atomic E-state index is 0.180. The number of carbonyl (C=O) groups is 2. The summed E-state index contributed by atoms with van der Waals surface area (Å²) < 4.78 is -0.478. The van der Waals surface area contributed by atoms with E-state index in [0.29, 0.717) is 24.7 Å². The number of ketones is 1. The number of alkyl halides is 1. The summed E-state index contributed by atoms with van der Waals surface area (Å²) in [6.45, 7) is 3.75. The van der Waals surface area contributed by atoms with Crippen LogP contribution in [0.2, 0.25) is 0 Å². The van der Waals surface area contributed by atoms with Gasteiger partial charge in [-0.05, 0) is 62.5 Å². The van der Waals surface area contributed by atoms with Crippen LogP contribution in [0.4, 0.5) is 0 Å². The third-order valence-electron chi connectivity index (χ3n) is 4.79. The van der Waals surface area contributed by atoms with Gasteiger partial charge in [0.15, 0.2) is 5.78 Å². The Morgan fingerprint density at radius 2 is 1.70 bits per heavy atom. The fourth-order valence-corrected chi connectivity index (χ4v) is 3.39. The lowest BCUT2D eigenvalue weighted by Gasteiger charge is -2.28. The Hall–Kier alpha value is -1.16. The number of hydrogen-bond acceptors (Lipinski definition) is 2. The highest BCUT2D eigenvalue weighted by atomic mass is 79.9. The van der Waals surface area contributed by atoms with Crippen molar-refractivity contribution in [2.24, 2.45) is 5.92 Å². The largest absolute Gasteiger partial charge is 0.481 e. The van der Waals surface area contributed by atoms with Gasteiger partial charge in [-0.25, -0.2) is 0 Å². The van der Waals surface area contributed by atoms with Gasteiger partial charge in [-0.3, -0.25) is 9.59 Å². The number of benzene rings is 1. The van der Waals surface area contributed by atoms with E-state index in [4.69, 9.17) is 5.11 Å². The Morgan fingerprint density at radius 1 is 1.13 bits per heavy atom. The van der Waals surface area contributed by atoms with Gasteiger partial charge in [0, 0.05) is 12.8 Å². The van der Waals surface area contributed by atoms with Crippen molar-refractivity contribution < 1.29 is 14.7 Å². The van der Waals surface area contributed by atoms with Crippen LogP contribution in [0.15, 0.2) is 24.3 Å². The number of carboxylic acids is 1. The highest BCUT2D eigenvalue weighted by molar-refractivity contribution is 9.10. The van der Waals surface area contributed by atoms with E-state index in [1.165, 1.54) is 5.56 Å². The molecule has 0 aliphatic heterocycles. The van der Waals surface area contributed by atoms with Crippen LogP contribution in [-0.4, -0.2) is 21.2 Å². The van der Waals surface area contributed by atoms with Gasteiger partial charge in [-0.2, -0.15) is 0 Å². The van der Waals surface area contributed by atoms with Crippen molar-refractivity contribution in [3.63, 3.8) is 0 Å². The number of carboxylic acid groups (broad SMARTS) is 1. The van der Waals surface area contributed by atoms with Crippen molar-refractivity contribution in [1.82, 2.24) is 0 Å². The van der Waals surface area contributed by atoms with E-state index in [9.17, 15) is 9.59 Å². The number of hydrogen-bond donors (Lipinski definition) is 1. The molecule has 0 spiro atoms. The molecule has 1 N–H and O–H groups in total. The molecule has 2 rings (SSSR count). The Bertz CT molecular complexity index is 549. The molecule has 126 valence electrons. The second-order valence-electron chi connectivity index (χ2n) is 7.13. The zero-order valence-electron chi connectivity index (χ0n) is 13.8. The van der Waals surface area contributed by atoms with E-state index >= 15 is 0 Å². The molecule has 1 aliphatic rings. The van der Waals surface area contributed by atoms with Crippen LogP contribution in [0.25, 0.3) is 0 Å². The first kappa shape index (κ1) is 18.2. The summed E-state index contributed by atoms with van der Waals surface area (Å²) in [7, 11) is 0. The summed E-state index contributed by atoms with van der Waals surface area (Å²) in [5, 5.41) is 8.88. The molecule has 1 saturated carbocycles. The summed E-state index contributed by atoms with van der Waals surface area (Å²) in [5.41, 5.74) is 2.36. The first-order chi connectivity index (χ1) is 10.8. The normalized spacial score (nSPS) is 21.9. The van der Waals surface area contributed by atoms with Crippen molar-refractivity contribution >= 4 is 27.7 Å². The SMILES string of the molecule is CC(C)(Br)C(=O)Cc1ccc(C2CCC(CC(=O)O)CC2)cc1. The molecule has 23 heavy (non-hydrogen) atoms. The third kappa shape index (κ3) is 5.45. The molecule has 0 radical (unpaired) electrons. The smallest absolute Gasteiger partial charge is 0.303 e. The van der Waals surface area contributed by atoms with Gasteiger partial charge in [0.1, 0.15) is 0 Å². The van der Waals surface area contributed by atoms with E-state index in [2.05, 4.69) is 40.2 Å². The number of Topliss-reactive ketones (excluding diaryl/α,β-unsaturated/α-hetero) is 1. The van der Waals surface area contributed by atoms with Crippen LogP contribution < -0.4 is 0 Å². The lowest BCUT2D eigenvalue weighted by Crippen LogP contribution is -2.25. The van der Waals surface area contributed by atoms with Gasteiger partial charge in [0.05, 0.1) is 4.32 Å². The quantitative estimate of drug-likeness (QED) is 0.726. The molecular weight excluding hydrogens is 356 g/mol. The lowest BCUT2D eigenvalue weighted by molar-refractivity contribution is -0.138. The van der Waals surface area contributed by atoms with E-state index in [-0.39, 0.29) is 5.78 Å². The van der Waals surface area contributed by atoms with Crippen LogP contribution in [0.5, 0.6) is 0 Å². The van der Waals surface area contributed by atoms with Crippen LogP contribution in [0.3, 0.4) is 0 Å². The molecule has 1 aliphatic carbocycles. The van der Waals surface area contributed by atoms with Crippen LogP contribution in [0.1, 0.15) is 63.0 Å². The minimum atomic E-state index is -0.683. The molecule has 0 atom stereocenters. The number of aliphatic carboxylic acids is 1. The van der Waals surface area contributed by atoms with Gasteiger partial charge in [0.2, 0.25) is 0 Å². The Kier molecular flexibility index (Phi) is 6.01. The van der Waals surface area contributed by atoms with E-state index in [0.717, 1.165) is 31.2 Å². The minimum Gasteiger partial charge on any atom is -0.481 e. The van der Waals surface area contributed by atoms with Crippen molar-refractivity contribution in [3.8, 4) is 0 Å². The second-order valence-corrected chi connectivity index (χ2v) is 9.11. The Balaban J connectivity index is 1.91. The fraction of sp³-hybridized carbons (Fsp3) is 0.579. The van der Waals surface area contributed by atoms with Gasteiger partial charge in [-0.1, -0.05) is 40.2 Å². The van der Waals surface area contributed by atoms with Crippen LogP contribution >= 0.6 is 15.9 Å². The maximum Gasteiger partial charge on any atom is 0.303 e. The highest BCUT2D eigenvalue weighted by Crippen LogP contribution is 2.37. The van der Waals surface area contributed by atoms with Gasteiger partial charge >= 0.3 is 5.97 Å². The molecule has 4 heteroatoms. The summed E-state index contributed by atoms with van der Waals surface area (Å²) in [6, 6.07) is 8.36. The molecule has 0 unspecified atom stereocenters. The Morgan fingerprint density at radius 3 is 2.17 bits per heavy atom. The molecule has 3 nitrogen and oxygen atoms in total. The van der Waals surface area contributed by atoms with Crippen molar-refractivity contribution in [2.45, 2.75) is 62.6 Å². The predicted molar refractivity (Wildman–Crippen MR) is 95.1 cm³/mol. The number of carbonyl (C=O) groups excluding carboxylic acids is 1. The van der Waals surface area contributed by atoms with E-state index in [1.54, 1.807) is 0 Å². The second kappa shape index (κ2) is 7.61.